The second kappa shape index (κ2) is 10.4. The lowest BCUT2D eigenvalue weighted by molar-refractivity contribution is -0.118. The van der Waals surface area contributed by atoms with Crippen molar-refractivity contribution in [1.29, 1.82) is 0 Å². The van der Waals surface area contributed by atoms with Crippen molar-refractivity contribution in [3.8, 4) is 5.75 Å². The van der Waals surface area contributed by atoms with E-state index in [0.29, 0.717) is 12.0 Å². The van der Waals surface area contributed by atoms with E-state index in [9.17, 15) is 19.6 Å². The summed E-state index contributed by atoms with van der Waals surface area (Å²) in [4.78, 5) is 25.6. The van der Waals surface area contributed by atoms with Crippen molar-refractivity contribution in [2.24, 2.45) is 0 Å². The molecule has 152 valence electrons. The summed E-state index contributed by atoms with van der Waals surface area (Å²) in [6.07, 6.45) is 0.462. The third-order valence-corrected chi connectivity index (χ3v) is 5.59. The molecule has 0 saturated carbocycles. The zero-order chi connectivity index (χ0) is 21.5. The van der Waals surface area contributed by atoms with Crippen molar-refractivity contribution in [2.75, 3.05) is 11.9 Å². The maximum atomic E-state index is 12.2. The highest BCUT2D eigenvalue weighted by Gasteiger charge is 2.19. The normalized spacial score (nSPS) is 10.4. The smallest absolute Gasteiger partial charge is 0.483 e. The van der Waals surface area contributed by atoms with Gasteiger partial charge in [-0.3, -0.25) is 9.59 Å². The summed E-state index contributed by atoms with van der Waals surface area (Å²) < 4.78 is 6.41. The van der Waals surface area contributed by atoms with E-state index in [1.54, 1.807) is 23.9 Å². The number of carbonyl (C=O) groups excluding carboxylic acids is 2. The fourth-order valence-electron chi connectivity index (χ4n) is 2.62. The van der Waals surface area contributed by atoms with Gasteiger partial charge in [0.1, 0.15) is 5.75 Å². The summed E-state index contributed by atoms with van der Waals surface area (Å²) in [5, 5.41) is 21.4. The topological polar surface area (TPSA) is 95.9 Å². The van der Waals surface area contributed by atoms with E-state index in [-0.39, 0.29) is 23.4 Å². The molecule has 0 aliphatic heterocycles. The molecule has 0 bridgehead atoms. The molecular weight excluding hydrogens is 469 g/mol. The predicted octanol–water partition coefficient (Wildman–Crippen LogP) is 3.11. The molecule has 0 spiro atoms. The molecule has 9 heteroatoms. The van der Waals surface area contributed by atoms with E-state index in [1.807, 2.05) is 36.4 Å². The molecular formula is C21H17BBrNO5S. The molecule has 3 aromatic carbocycles. The Labute approximate surface area is 186 Å². The Morgan fingerprint density at radius 2 is 1.67 bits per heavy atom. The molecule has 3 N–H and O–H groups in total. The minimum Gasteiger partial charge on any atom is -0.483 e. The molecule has 0 atom stereocenters. The minimum absolute atomic E-state index is 0.00498. The van der Waals surface area contributed by atoms with Gasteiger partial charge in [-0.25, -0.2) is 0 Å². The first-order chi connectivity index (χ1) is 14.5. The molecule has 3 aromatic rings. The number of aldehydes is 1. The van der Waals surface area contributed by atoms with Crippen molar-refractivity contribution < 1.29 is 24.4 Å². The molecule has 0 saturated heterocycles. The third-order valence-electron chi connectivity index (χ3n) is 4.04. The standard InChI is InChI=1S/C21H17BBrNO5S/c23-14-4-8-16(9-5-14)30-17-10-6-15(7-11-17)24-21(26)13-29-20-3-1-2-19(22(27)28)18(20)12-25/h1-12,27-28H,13H2,(H,24,26). The molecule has 30 heavy (non-hydrogen) atoms. The molecule has 3 rings (SSSR count). The van der Waals surface area contributed by atoms with Gasteiger partial charge in [0, 0.05) is 20.0 Å². The maximum absolute atomic E-state index is 12.2. The van der Waals surface area contributed by atoms with Crippen LogP contribution in [0.3, 0.4) is 0 Å². The Kier molecular flexibility index (Phi) is 7.70. The lowest BCUT2D eigenvalue weighted by Crippen LogP contribution is -2.33. The van der Waals surface area contributed by atoms with Gasteiger partial charge in [0.05, 0.1) is 5.56 Å². The number of ether oxygens (including phenoxy) is 1. The minimum atomic E-state index is -1.81. The third kappa shape index (κ3) is 5.96. The van der Waals surface area contributed by atoms with E-state index in [1.165, 1.54) is 18.2 Å². The summed E-state index contributed by atoms with van der Waals surface area (Å²) in [6.45, 7) is -0.332. The van der Waals surface area contributed by atoms with E-state index in [2.05, 4.69) is 21.2 Å². The van der Waals surface area contributed by atoms with Gasteiger partial charge in [-0.05, 0) is 60.1 Å². The lowest BCUT2D eigenvalue weighted by atomic mass is 9.77. The van der Waals surface area contributed by atoms with Gasteiger partial charge in [0.25, 0.3) is 5.91 Å². The van der Waals surface area contributed by atoms with Crippen LogP contribution in [0, 0.1) is 0 Å². The fraction of sp³-hybridized carbons (Fsp3) is 0.0476. The van der Waals surface area contributed by atoms with Crippen LogP contribution >= 0.6 is 27.7 Å². The molecule has 0 aliphatic rings. The van der Waals surface area contributed by atoms with Crippen LogP contribution in [0.5, 0.6) is 5.75 Å². The largest absolute Gasteiger partial charge is 0.489 e. The Bertz CT molecular complexity index is 1030. The predicted molar refractivity (Wildman–Crippen MR) is 120 cm³/mol. The Balaban J connectivity index is 1.57. The number of carbonyl (C=O) groups is 2. The lowest BCUT2D eigenvalue weighted by Gasteiger charge is -2.12. The molecule has 0 unspecified atom stereocenters. The number of anilines is 1. The van der Waals surface area contributed by atoms with Crippen LogP contribution in [0.4, 0.5) is 5.69 Å². The first kappa shape index (κ1) is 22.1. The summed E-state index contributed by atoms with van der Waals surface area (Å²) in [6, 6.07) is 19.8. The molecule has 6 nitrogen and oxygen atoms in total. The number of benzene rings is 3. The second-order valence-corrected chi connectivity index (χ2v) is 8.23. The highest BCUT2D eigenvalue weighted by atomic mass is 79.9. The Hall–Kier alpha value is -2.59. The van der Waals surface area contributed by atoms with Crippen LogP contribution in [0.15, 0.2) is 81.0 Å². The van der Waals surface area contributed by atoms with Crippen LogP contribution in [-0.2, 0) is 4.79 Å². The van der Waals surface area contributed by atoms with Crippen LogP contribution in [0.25, 0.3) is 0 Å². The number of nitrogens with one attached hydrogen (secondary N) is 1. The van der Waals surface area contributed by atoms with Crippen molar-refractivity contribution in [3.05, 3.63) is 76.8 Å². The number of amides is 1. The van der Waals surface area contributed by atoms with E-state index in [0.717, 1.165) is 14.3 Å². The van der Waals surface area contributed by atoms with E-state index >= 15 is 0 Å². The zero-order valence-corrected chi connectivity index (χ0v) is 18.0. The summed E-state index contributed by atoms with van der Waals surface area (Å²) in [5.74, 6) is -0.304. The van der Waals surface area contributed by atoms with Gasteiger partial charge in [-0.15, -0.1) is 0 Å². The van der Waals surface area contributed by atoms with Gasteiger partial charge in [0.15, 0.2) is 12.9 Å². The van der Waals surface area contributed by atoms with Gasteiger partial charge < -0.3 is 20.1 Å². The quantitative estimate of drug-likeness (QED) is 0.335. The average molecular weight is 486 g/mol. The number of hydrogen-bond acceptors (Lipinski definition) is 6. The summed E-state index contributed by atoms with van der Waals surface area (Å²) in [5.41, 5.74) is 0.621. The summed E-state index contributed by atoms with van der Waals surface area (Å²) >= 11 is 5.02. The maximum Gasteiger partial charge on any atom is 0.489 e. The number of rotatable bonds is 8. The van der Waals surface area contributed by atoms with Gasteiger partial charge >= 0.3 is 7.12 Å². The van der Waals surface area contributed by atoms with Crippen molar-refractivity contribution in [1.82, 2.24) is 0 Å². The molecule has 0 aromatic heterocycles. The molecule has 0 aliphatic carbocycles. The van der Waals surface area contributed by atoms with Gasteiger partial charge in [-0.1, -0.05) is 39.8 Å². The Morgan fingerprint density at radius 1 is 1.03 bits per heavy atom. The summed E-state index contributed by atoms with van der Waals surface area (Å²) in [7, 11) is -1.81. The molecule has 0 fully saturated rings. The first-order valence-electron chi connectivity index (χ1n) is 8.86. The molecule has 0 radical (unpaired) electrons. The van der Waals surface area contributed by atoms with Crippen LogP contribution in [-0.4, -0.2) is 36.0 Å². The van der Waals surface area contributed by atoms with Crippen molar-refractivity contribution >= 4 is 58.2 Å². The Morgan fingerprint density at radius 3 is 2.27 bits per heavy atom. The van der Waals surface area contributed by atoms with Crippen LogP contribution in [0.1, 0.15) is 10.4 Å². The van der Waals surface area contributed by atoms with E-state index < -0.39 is 13.0 Å². The molecule has 1 amide bonds. The van der Waals surface area contributed by atoms with E-state index in [4.69, 9.17) is 4.74 Å². The monoisotopic (exact) mass is 485 g/mol. The zero-order valence-electron chi connectivity index (χ0n) is 15.6. The van der Waals surface area contributed by atoms with Crippen LogP contribution in [0.2, 0.25) is 0 Å². The second-order valence-electron chi connectivity index (χ2n) is 6.17. The highest BCUT2D eigenvalue weighted by molar-refractivity contribution is 9.10. The SMILES string of the molecule is O=Cc1c(OCC(=O)Nc2ccc(Sc3ccc(Br)cc3)cc2)cccc1B(O)O. The van der Waals surface area contributed by atoms with Gasteiger partial charge in [0.2, 0.25) is 0 Å². The number of halogens is 1. The fourth-order valence-corrected chi connectivity index (χ4v) is 3.70. The highest BCUT2D eigenvalue weighted by Crippen LogP contribution is 2.29. The average Bonchev–Trinajstić information content (AvgIpc) is 2.74. The van der Waals surface area contributed by atoms with Gasteiger partial charge in [-0.2, -0.15) is 0 Å². The van der Waals surface area contributed by atoms with Crippen molar-refractivity contribution in [3.63, 3.8) is 0 Å². The molecule has 0 heterocycles. The number of hydrogen-bond donors (Lipinski definition) is 3. The first-order valence-corrected chi connectivity index (χ1v) is 10.5. The van der Waals surface area contributed by atoms with Crippen LogP contribution < -0.4 is 15.5 Å². The van der Waals surface area contributed by atoms with Crippen molar-refractivity contribution in [2.45, 2.75) is 9.79 Å².